The monoisotopic (exact) mass is 270 g/mol. The van der Waals surface area contributed by atoms with E-state index < -0.39 is 0 Å². The van der Waals surface area contributed by atoms with Gasteiger partial charge >= 0.3 is 0 Å². The highest BCUT2D eigenvalue weighted by Gasteiger charge is 2.13. The average molecular weight is 270 g/mol. The lowest BCUT2D eigenvalue weighted by Crippen LogP contribution is -2.15. The lowest BCUT2D eigenvalue weighted by molar-refractivity contribution is 0.112. The van der Waals surface area contributed by atoms with Crippen molar-refractivity contribution in [2.24, 2.45) is 0 Å². The summed E-state index contributed by atoms with van der Waals surface area (Å²) in [5, 5.41) is 0. The van der Waals surface area contributed by atoms with Crippen LogP contribution in [-0.2, 0) is 0 Å². The second-order valence-electron chi connectivity index (χ2n) is 4.43. The van der Waals surface area contributed by atoms with E-state index in [0.29, 0.717) is 24.5 Å². The zero-order valence-corrected chi connectivity index (χ0v) is 11.1. The minimum atomic E-state index is 0.528. The molecule has 0 atom stereocenters. The van der Waals surface area contributed by atoms with Crippen LogP contribution < -0.4 is 14.2 Å². The van der Waals surface area contributed by atoms with Gasteiger partial charge in [0.1, 0.15) is 19.0 Å². The number of ether oxygens (including phenoxy) is 3. The van der Waals surface area contributed by atoms with Gasteiger partial charge < -0.3 is 14.2 Å². The Hall–Kier alpha value is -2.49. The van der Waals surface area contributed by atoms with Gasteiger partial charge in [-0.25, -0.2) is 0 Å². The fourth-order valence-corrected chi connectivity index (χ4v) is 2.23. The molecule has 0 aliphatic carbocycles. The molecule has 0 saturated carbocycles. The molecule has 0 bridgehead atoms. The van der Waals surface area contributed by atoms with E-state index in [0.717, 1.165) is 28.9 Å². The Morgan fingerprint density at radius 2 is 1.70 bits per heavy atom. The molecule has 0 fully saturated rings. The fourth-order valence-electron chi connectivity index (χ4n) is 2.23. The van der Waals surface area contributed by atoms with E-state index in [2.05, 4.69) is 0 Å². The van der Waals surface area contributed by atoms with Crippen LogP contribution in [0.4, 0.5) is 0 Å². The first-order chi connectivity index (χ1) is 9.81. The van der Waals surface area contributed by atoms with Gasteiger partial charge in [0.15, 0.2) is 17.8 Å². The first-order valence-corrected chi connectivity index (χ1v) is 6.35. The van der Waals surface area contributed by atoms with Crippen LogP contribution in [0, 0.1) is 0 Å². The number of rotatable bonds is 3. The molecule has 0 aromatic heterocycles. The van der Waals surface area contributed by atoms with Crippen LogP contribution >= 0.6 is 0 Å². The Kier molecular flexibility index (Phi) is 3.29. The maximum atomic E-state index is 11.1. The van der Waals surface area contributed by atoms with Crippen LogP contribution in [0.15, 0.2) is 36.4 Å². The zero-order chi connectivity index (χ0) is 13.9. The van der Waals surface area contributed by atoms with Crippen LogP contribution in [0.2, 0.25) is 0 Å². The third-order valence-electron chi connectivity index (χ3n) is 3.23. The Bertz CT molecular complexity index is 649. The standard InChI is InChI=1S/C16H14O4/c1-18-14-4-2-11(8-13(14)10-17)12-3-5-15-16(9-12)20-7-6-19-15/h2-5,8-10H,6-7H2,1H3. The van der Waals surface area contributed by atoms with E-state index in [4.69, 9.17) is 14.2 Å². The number of aldehydes is 1. The van der Waals surface area contributed by atoms with Gasteiger partial charge in [0.2, 0.25) is 0 Å². The molecule has 2 aromatic rings. The molecule has 0 N–H and O–H groups in total. The summed E-state index contributed by atoms with van der Waals surface area (Å²) >= 11 is 0. The highest BCUT2D eigenvalue weighted by Crippen LogP contribution is 2.35. The Morgan fingerprint density at radius 3 is 2.45 bits per heavy atom. The Balaban J connectivity index is 2.02. The van der Waals surface area contributed by atoms with Crippen molar-refractivity contribution in [1.82, 2.24) is 0 Å². The van der Waals surface area contributed by atoms with Crippen molar-refractivity contribution < 1.29 is 19.0 Å². The third kappa shape index (κ3) is 2.20. The summed E-state index contributed by atoms with van der Waals surface area (Å²) in [5.41, 5.74) is 2.43. The molecule has 102 valence electrons. The normalized spacial score (nSPS) is 12.8. The topological polar surface area (TPSA) is 44.8 Å². The van der Waals surface area contributed by atoms with Crippen LogP contribution in [0.1, 0.15) is 10.4 Å². The zero-order valence-electron chi connectivity index (χ0n) is 11.1. The van der Waals surface area contributed by atoms with Crippen molar-refractivity contribution in [3.05, 3.63) is 42.0 Å². The molecule has 4 nitrogen and oxygen atoms in total. The summed E-state index contributed by atoms with van der Waals surface area (Å²) in [4.78, 5) is 11.1. The van der Waals surface area contributed by atoms with Crippen molar-refractivity contribution in [2.45, 2.75) is 0 Å². The molecule has 1 heterocycles. The van der Waals surface area contributed by atoms with Gasteiger partial charge in [0.25, 0.3) is 0 Å². The van der Waals surface area contributed by atoms with Gasteiger partial charge in [-0.1, -0.05) is 12.1 Å². The van der Waals surface area contributed by atoms with E-state index >= 15 is 0 Å². The quantitative estimate of drug-likeness (QED) is 0.804. The van der Waals surface area contributed by atoms with E-state index in [1.165, 1.54) is 0 Å². The minimum absolute atomic E-state index is 0.528. The molecule has 0 spiro atoms. The van der Waals surface area contributed by atoms with Gasteiger partial charge in [-0.05, 0) is 35.4 Å². The molecule has 2 aromatic carbocycles. The predicted molar refractivity (Wildman–Crippen MR) is 74.8 cm³/mol. The lowest BCUT2D eigenvalue weighted by atomic mass is 10.0. The molecular formula is C16H14O4. The molecule has 3 rings (SSSR count). The molecule has 4 heteroatoms. The van der Waals surface area contributed by atoms with Gasteiger partial charge in [-0.15, -0.1) is 0 Å². The van der Waals surface area contributed by atoms with Crippen LogP contribution in [0.25, 0.3) is 11.1 Å². The van der Waals surface area contributed by atoms with Crippen molar-refractivity contribution >= 4 is 6.29 Å². The maximum absolute atomic E-state index is 11.1. The average Bonchev–Trinajstić information content (AvgIpc) is 2.53. The summed E-state index contributed by atoms with van der Waals surface area (Å²) in [5.74, 6) is 2.06. The number of carbonyl (C=O) groups is 1. The number of benzene rings is 2. The largest absolute Gasteiger partial charge is 0.496 e. The Morgan fingerprint density at radius 1 is 1.00 bits per heavy atom. The first kappa shape index (κ1) is 12.5. The second kappa shape index (κ2) is 5.25. The SMILES string of the molecule is COc1ccc(-c2ccc3c(c2)OCCO3)cc1C=O. The maximum Gasteiger partial charge on any atom is 0.161 e. The van der Waals surface area contributed by atoms with E-state index in [9.17, 15) is 4.79 Å². The van der Waals surface area contributed by atoms with Gasteiger partial charge in [0.05, 0.1) is 12.7 Å². The van der Waals surface area contributed by atoms with Crippen LogP contribution in [0.3, 0.4) is 0 Å². The number of carbonyl (C=O) groups excluding carboxylic acids is 1. The number of hydrogen-bond donors (Lipinski definition) is 0. The van der Waals surface area contributed by atoms with Gasteiger partial charge in [-0.2, -0.15) is 0 Å². The number of methoxy groups -OCH3 is 1. The van der Waals surface area contributed by atoms with E-state index in [1.54, 1.807) is 19.2 Å². The molecular weight excluding hydrogens is 256 g/mol. The smallest absolute Gasteiger partial charge is 0.161 e. The number of hydrogen-bond acceptors (Lipinski definition) is 4. The minimum Gasteiger partial charge on any atom is -0.496 e. The van der Waals surface area contributed by atoms with Crippen LogP contribution in [-0.4, -0.2) is 26.6 Å². The summed E-state index contributed by atoms with van der Waals surface area (Å²) < 4.78 is 16.2. The van der Waals surface area contributed by atoms with Crippen molar-refractivity contribution in [3.63, 3.8) is 0 Å². The fraction of sp³-hybridized carbons (Fsp3) is 0.188. The summed E-state index contributed by atoms with van der Waals surface area (Å²) in [6.07, 6.45) is 0.792. The summed E-state index contributed by atoms with van der Waals surface area (Å²) in [6, 6.07) is 11.3. The number of fused-ring (bicyclic) bond motifs is 1. The Labute approximate surface area is 116 Å². The third-order valence-corrected chi connectivity index (χ3v) is 3.23. The van der Waals surface area contributed by atoms with Gasteiger partial charge in [-0.3, -0.25) is 4.79 Å². The second-order valence-corrected chi connectivity index (χ2v) is 4.43. The van der Waals surface area contributed by atoms with E-state index in [-0.39, 0.29) is 0 Å². The van der Waals surface area contributed by atoms with Crippen molar-refractivity contribution in [2.75, 3.05) is 20.3 Å². The molecule has 1 aliphatic heterocycles. The summed E-state index contributed by atoms with van der Waals surface area (Å²) in [6.45, 7) is 1.13. The van der Waals surface area contributed by atoms with Crippen molar-refractivity contribution in [3.8, 4) is 28.4 Å². The predicted octanol–water partition coefficient (Wildman–Crippen LogP) is 2.95. The molecule has 0 unspecified atom stereocenters. The molecule has 0 saturated heterocycles. The lowest BCUT2D eigenvalue weighted by Gasteiger charge is -2.19. The molecule has 1 aliphatic rings. The molecule has 0 radical (unpaired) electrons. The molecule has 20 heavy (non-hydrogen) atoms. The summed E-state index contributed by atoms with van der Waals surface area (Å²) in [7, 11) is 1.55. The van der Waals surface area contributed by atoms with Crippen molar-refractivity contribution in [1.29, 1.82) is 0 Å². The van der Waals surface area contributed by atoms with E-state index in [1.807, 2.05) is 24.3 Å². The highest BCUT2D eigenvalue weighted by molar-refractivity contribution is 5.83. The highest BCUT2D eigenvalue weighted by atomic mass is 16.6. The first-order valence-electron chi connectivity index (χ1n) is 6.35. The molecule has 0 amide bonds. The van der Waals surface area contributed by atoms with Gasteiger partial charge in [0, 0.05) is 0 Å². The van der Waals surface area contributed by atoms with Crippen LogP contribution in [0.5, 0.6) is 17.2 Å².